The first kappa shape index (κ1) is 15.0. The Balaban J connectivity index is 2.03. The second-order valence-electron chi connectivity index (χ2n) is 5.53. The van der Waals surface area contributed by atoms with Crippen molar-refractivity contribution in [3.63, 3.8) is 0 Å². The molecule has 0 saturated carbocycles. The molecule has 2 rings (SSSR count). The summed E-state index contributed by atoms with van der Waals surface area (Å²) in [5.41, 5.74) is 0.955. The predicted octanol–water partition coefficient (Wildman–Crippen LogP) is 2.88. The van der Waals surface area contributed by atoms with E-state index in [4.69, 9.17) is 0 Å². The van der Waals surface area contributed by atoms with Crippen LogP contribution in [0.4, 0.5) is 4.39 Å². The van der Waals surface area contributed by atoms with Gasteiger partial charge in [0.25, 0.3) is 0 Å². The third kappa shape index (κ3) is 3.57. The van der Waals surface area contributed by atoms with E-state index in [0.717, 1.165) is 31.4 Å². The van der Waals surface area contributed by atoms with E-state index >= 15 is 0 Å². The second kappa shape index (κ2) is 6.84. The van der Waals surface area contributed by atoms with Crippen molar-refractivity contribution in [2.45, 2.75) is 44.7 Å². The molecular formula is C16H23FN2O. The number of likely N-dealkylation sites (N-methyl/N-ethyl adjacent to an activating group) is 1. The van der Waals surface area contributed by atoms with Gasteiger partial charge in [-0.2, -0.15) is 0 Å². The third-order valence-electron chi connectivity index (χ3n) is 4.14. The van der Waals surface area contributed by atoms with E-state index in [0.29, 0.717) is 0 Å². The summed E-state index contributed by atoms with van der Waals surface area (Å²) in [6.45, 7) is 2.89. The van der Waals surface area contributed by atoms with Crippen molar-refractivity contribution < 1.29 is 9.18 Å². The molecular weight excluding hydrogens is 255 g/mol. The highest BCUT2D eigenvalue weighted by molar-refractivity contribution is 5.82. The van der Waals surface area contributed by atoms with Crippen LogP contribution in [0.5, 0.6) is 0 Å². The van der Waals surface area contributed by atoms with E-state index in [1.165, 1.54) is 18.6 Å². The van der Waals surface area contributed by atoms with E-state index in [1.807, 2.05) is 14.0 Å². The molecule has 1 amide bonds. The van der Waals surface area contributed by atoms with Gasteiger partial charge in [0.2, 0.25) is 5.91 Å². The minimum absolute atomic E-state index is 0.0480. The van der Waals surface area contributed by atoms with Crippen LogP contribution in [0, 0.1) is 5.82 Å². The van der Waals surface area contributed by atoms with Gasteiger partial charge in [0.1, 0.15) is 5.82 Å². The molecule has 2 unspecified atom stereocenters. The SMILES string of the molecule is CC(c1ccc(F)cc1)N(C)C(=O)C1CCCCCN1. The highest BCUT2D eigenvalue weighted by Gasteiger charge is 2.26. The van der Waals surface area contributed by atoms with Crippen LogP contribution in [0.1, 0.15) is 44.2 Å². The lowest BCUT2D eigenvalue weighted by Gasteiger charge is -2.29. The van der Waals surface area contributed by atoms with Gasteiger partial charge in [-0.1, -0.05) is 25.0 Å². The molecule has 110 valence electrons. The van der Waals surface area contributed by atoms with Gasteiger partial charge in [-0.3, -0.25) is 4.79 Å². The van der Waals surface area contributed by atoms with Crippen molar-refractivity contribution in [2.75, 3.05) is 13.6 Å². The molecule has 1 fully saturated rings. The van der Waals surface area contributed by atoms with Crippen molar-refractivity contribution in [3.05, 3.63) is 35.6 Å². The van der Waals surface area contributed by atoms with Gasteiger partial charge in [0.05, 0.1) is 12.1 Å². The van der Waals surface area contributed by atoms with Crippen molar-refractivity contribution in [3.8, 4) is 0 Å². The van der Waals surface area contributed by atoms with E-state index in [1.54, 1.807) is 17.0 Å². The lowest BCUT2D eigenvalue weighted by Crippen LogP contribution is -2.45. The highest BCUT2D eigenvalue weighted by atomic mass is 19.1. The molecule has 4 heteroatoms. The fraction of sp³-hybridized carbons (Fsp3) is 0.562. The first-order chi connectivity index (χ1) is 9.59. The molecule has 0 aliphatic carbocycles. The van der Waals surface area contributed by atoms with Crippen LogP contribution in [0.15, 0.2) is 24.3 Å². The molecule has 1 aliphatic heterocycles. The Labute approximate surface area is 120 Å². The molecule has 3 nitrogen and oxygen atoms in total. The molecule has 1 heterocycles. The molecule has 1 aromatic carbocycles. The monoisotopic (exact) mass is 278 g/mol. The van der Waals surface area contributed by atoms with Gasteiger partial charge >= 0.3 is 0 Å². The number of benzene rings is 1. The third-order valence-corrected chi connectivity index (χ3v) is 4.14. The van der Waals surface area contributed by atoms with Gasteiger partial charge < -0.3 is 10.2 Å². The van der Waals surface area contributed by atoms with Crippen molar-refractivity contribution in [1.82, 2.24) is 10.2 Å². The molecule has 1 saturated heterocycles. The average Bonchev–Trinajstić information content (AvgIpc) is 2.75. The second-order valence-corrected chi connectivity index (χ2v) is 5.53. The topological polar surface area (TPSA) is 32.3 Å². The largest absolute Gasteiger partial charge is 0.338 e. The van der Waals surface area contributed by atoms with E-state index in [9.17, 15) is 9.18 Å². The number of hydrogen-bond acceptors (Lipinski definition) is 2. The summed E-state index contributed by atoms with van der Waals surface area (Å²) < 4.78 is 13.0. The van der Waals surface area contributed by atoms with Crippen molar-refractivity contribution in [1.29, 1.82) is 0 Å². The molecule has 20 heavy (non-hydrogen) atoms. The Morgan fingerprint density at radius 3 is 2.70 bits per heavy atom. The van der Waals surface area contributed by atoms with Crippen LogP contribution in [-0.4, -0.2) is 30.4 Å². The first-order valence-corrected chi connectivity index (χ1v) is 7.35. The quantitative estimate of drug-likeness (QED) is 0.922. The van der Waals surface area contributed by atoms with Gasteiger partial charge in [0.15, 0.2) is 0 Å². The predicted molar refractivity (Wildman–Crippen MR) is 77.8 cm³/mol. The lowest BCUT2D eigenvalue weighted by atomic mass is 10.0. The summed E-state index contributed by atoms with van der Waals surface area (Å²) in [5, 5.41) is 3.33. The van der Waals surface area contributed by atoms with Crippen LogP contribution in [-0.2, 0) is 4.79 Å². The molecule has 0 radical (unpaired) electrons. The Hall–Kier alpha value is -1.42. The van der Waals surface area contributed by atoms with Crippen LogP contribution in [0.3, 0.4) is 0 Å². The van der Waals surface area contributed by atoms with Gasteiger partial charge in [-0.05, 0) is 44.0 Å². The Morgan fingerprint density at radius 2 is 2.00 bits per heavy atom. The Bertz CT molecular complexity index is 438. The fourth-order valence-electron chi connectivity index (χ4n) is 2.64. The number of halogens is 1. The lowest BCUT2D eigenvalue weighted by molar-refractivity contribution is -0.134. The maximum Gasteiger partial charge on any atom is 0.239 e. The maximum absolute atomic E-state index is 13.0. The summed E-state index contributed by atoms with van der Waals surface area (Å²) in [4.78, 5) is 14.3. The molecule has 0 aromatic heterocycles. The zero-order valence-corrected chi connectivity index (χ0v) is 12.2. The zero-order chi connectivity index (χ0) is 14.5. The fourth-order valence-corrected chi connectivity index (χ4v) is 2.64. The van der Waals surface area contributed by atoms with Crippen LogP contribution < -0.4 is 5.32 Å². The zero-order valence-electron chi connectivity index (χ0n) is 12.2. The standard InChI is InChI=1S/C16H23FN2O/c1-12(13-7-9-14(17)10-8-13)19(2)16(20)15-6-4-3-5-11-18-15/h7-10,12,15,18H,3-6,11H2,1-2H3. The van der Waals surface area contributed by atoms with Gasteiger partial charge in [0, 0.05) is 7.05 Å². The van der Waals surface area contributed by atoms with Crippen molar-refractivity contribution >= 4 is 5.91 Å². The Morgan fingerprint density at radius 1 is 1.30 bits per heavy atom. The van der Waals surface area contributed by atoms with E-state index in [2.05, 4.69) is 5.32 Å². The molecule has 1 aliphatic rings. The summed E-state index contributed by atoms with van der Waals surface area (Å²) in [6, 6.07) is 6.23. The number of carbonyl (C=O) groups is 1. The van der Waals surface area contributed by atoms with E-state index in [-0.39, 0.29) is 23.8 Å². The van der Waals surface area contributed by atoms with E-state index < -0.39 is 0 Å². The Kier molecular flexibility index (Phi) is 5.12. The van der Waals surface area contributed by atoms with Gasteiger partial charge in [-0.25, -0.2) is 4.39 Å². The van der Waals surface area contributed by atoms with Crippen LogP contribution >= 0.6 is 0 Å². The minimum Gasteiger partial charge on any atom is -0.338 e. The number of amides is 1. The smallest absolute Gasteiger partial charge is 0.239 e. The maximum atomic E-state index is 13.0. The number of hydrogen-bond donors (Lipinski definition) is 1. The van der Waals surface area contributed by atoms with Crippen molar-refractivity contribution in [2.24, 2.45) is 0 Å². The van der Waals surface area contributed by atoms with Gasteiger partial charge in [-0.15, -0.1) is 0 Å². The van der Waals surface area contributed by atoms with Crippen LogP contribution in [0.25, 0.3) is 0 Å². The molecule has 2 atom stereocenters. The number of carbonyl (C=O) groups excluding carboxylic acids is 1. The minimum atomic E-state index is -0.250. The molecule has 1 N–H and O–H groups in total. The average molecular weight is 278 g/mol. The first-order valence-electron chi connectivity index (χ1n) is 7.35. The summed E-state index contributed by atoms with van der Waals surface area (Å²) in [7, 11) is 1.82. The molecule has 0 spiro atoms. The number of nitrogens with zero attached hydrogens (tertiary/aromatic N) is 1. The number of nitrogens with one attached hydrogen (secondary N) is 1. The van der Waals surface area contributed by atoms with Crippen LogP contribution in [0.2, 0.25) is 0 Å². The molecule has 1 aromatic rings. The summed E-state index contributed by atoms with van der Waals surface area (Å²) in [6.07, 6.45) is 4.33. The summed E-state index contributed by atoms with van der Waals surface area (Å²) >= 11 is 0. The molecule has 0 bridgehead atoms. The summed E-state index contributed by atoms with van der Waals surface area (Å²) in [5.74, 6) is -0.121. The normalized spacial score (nSPS) is 21.1. The highest BCUT2D eigenvalue weighted by Crippen LogP contribution is 2.21. The number of rotatable bonds is 3.